The molecule has 0 aliphatic heterocycles. The first-order valence-electron chi connectivity index (χ1n) is 7.96. The topological polar surface area (TPSA) is 75.7 Å². The van der Waals surface area contributed by atoms with Crippen LogP contribution < -0.4 is 9.62 Å². The smallest absolute Gasteiger partial charge is 0.264 e. The van der Waals surface area contributed by atoms with Gasteiger partial charge in [-0.25, -0.2) is 12.8 Å². The molecular weight excluding hydrogens is 359 g/mol. The van der Waals surface area contributed by atoms with Gasteiger partial charge in [-0.05, 0) is 43.3 Å². The molecule has 0 aromatic heterocycles. The third-order valence-corrected chi connectivity index (χ3v) is 5.35. The Labute approximate surface area is 152 Å². The van der Waals surface area contributed by atoms with E-state index >= 15 is 0 Å². The Balaban J connectivity index is 2.33. The zero-order valence-corrected chi connectivity index (χ0v) is 15.4. The van der Waals surface area contributed by atoms with E-state index in [9.17, 15) is 17.6 Å². The van der Waals surface area contributed by atoms with Gasteiger partial charge in [0.15, 0.2) is 0 Å². The molecule has 0 fully saturated rings. The number of nitrogens with one attached hydrogen (secondary N) is 1. The maximum atomic E-state index is 13.1. The molecule has 2 rings (SSSR count). The molecule has 0 bridgehead atoms. The molecule has 0 spiro atoms. The van der Waals surface area contributed by atoms with Crippen LogP contribution in [0.25, 0.3) is 0 Å². The number of halogens is 1. The van der Waals surface area contributed by atoms with E-state index in [1.54, 1.807) is 37.3 Å². The third kappa shape index (κ3) is 5.03. The summed E-state index contributed by atoms with van der Waals surface area (Å²) >= 11 is 0. The molecule has 0 heterocycles. The Bertz CT molecular complexity index is 826. The fourth-order valence-electron chi connectivity index (χ4n) is 2.39. The van der Waals surface area contributed by atoms with Crippen molar-refractivity contribution in [2.45, 2.75) is 17.9 Å². The van der Waals surface area contributed by atoms with Crippen LogP contribution in [0.3, 0.4) is 0 Å². The molecule has 0 saturated carbocycles. The van der Waals surface area contributed by atoms with Crippen LogP contribution >= 0.6 is 0 Å². The molecule has 8 heteroatoms. The number of carbonyl (C=O) groups excluding carboxylic acids is 1. The van der Waals surface area contributed by atoms with Crippen LogP contribution in [0.15, 0.2) is 59.5 Å². The van der Waals surface area contributed by atoms with Gasteiger partial charge in [0.2, 0.25) is 5.91 Å². The van der Waals surface area contributed by atoms with E-state index in [0.717, 1.165) is 16.4 Å². The predicted molar refractivity (Wildman–Crippen MR) is 96.9 cm³/mol. The van der Waals surface area contributed by atoms with E-state index in [4.69, 9.17) is 4.74 Å². The van der Waals surface area contributed by atoms with E-state index in [1.165, 1.54) is 19.2 Å². The number of rotatable bonds is 8. The largest absolute Gasteiger partial charge is 0.383 e. The molecule has 6 nitrogen and oxygen atoms in total. The van der Waals surface area contributed by atoms with Crippen LogP contribution in [0, 0.1) is 5.82 Å². The lowest BCUT2D eigenvalue weighted by atomic mass is 10.3. The highest BCUT2D eigenvalue weighted by atomic mass is 32.2. The third-order valence-electron chi connectivity index (χ3n) is 3.56. The zero-order chi connectivity index (χ0) is 19.2. The molecule has 0 saturated heterocycles. The van der Waals surface area contributed by atoms with Crippen molar-refractivity contribution in [1.29, 1.82) is 0 Å². The van der Waals surface area contributed by atoms with Crippen LogP contribution in [0.4, 0.5) is 10.1 Å². The molecule has 0 aliphatic rings. The van der Waals surface area contributed by atoms with Crippen molar-refractivity contribution < 1.29 is 22.3 Å². The van der Waals surface area contributed by atoms with Crippen LogP contribution in [-0.2, 0) is 19.6 Å². The van der Waals surface area contributed by atoms with Gasteiger partial charge in [0, 0.05) is 13.2 Å². The minimum atomic E-state index is -4.04. The number of hydrogen-bond donors (Lipinski definition) is 1. The summed E-state index contributed by atoms with van der Waals surface area (Å²) < 4.78 is 45.1. The summed E-state index contributed by atoms with van der Waals surface area (Å²) in [4.78, 5) is 12.2. The summed E-state index contributed by atoms with van der Waals surface area (Å²) in [7, 11) is -2.53. The Morgan fingerprint density at radius 2 is 1.77 bits per heavy atom. The van der Waals surface area contributed by atoms with Crippen LogP contribution in [0.1, 0.15) is 6.92 Å². The maximum Gasteiger partial charge on any atom is 0.264 e. The normalized spacial score (nSPS) is 12.4. The van der Waals surface area contributed by atoms with Crippen molar-refractivity contribution in [3.63, 3.8) is 0 Å². The van der Waals surface area contributed by atoms with Gasteiger partial charge in [0.1, 0.15) is 12.4 Å². The second kappa shape index (κ2) is 8.77. The molecule has 0 unspecified atom stereocenters. The SMILES string of the molecule is COC[C@@H](C)NC(=O)CN(c1ccccc1)S(=O)(=O)c1ccc(F)cc1. The molecule has 1 atom stereocenters. The van der Waals surface area contributed by atoms with Crippen LogP contribution in [0.5, 0.6) is 0 Å². The minimum Gasteiger partial charge on any atom is -0.383 e. The Morgan fingerprint density at radius 3 is 2.35 bits per heavy atom. The Hall–Kier alpha value is -2.45. The first-order valence-corrected chi connectivity index (χ1v) is 9.40. The summed E-state index contributed by atoms with van der Waals surface area (Å²) in [5.74, 6) is -1.01. The number of nitrogens with zero attached hydrogens (tertiary/aromatic N) is 1. The highest BCUT2D eigenvalue weighted by molar-refractivity contribution is 7.92. The Kier molecular flexibility index (Phi) is 6.70. The second-order valence-electron chi connectivity index (χ2n) is 5.73. The van der Waals surface area contributed by atoms with Crippen molar-refractivity contribution in [2.24, 2.45) is 0 Å². The van der Waals surface area contributed by atoms with Gasteiger partial charge in [-0.15, -0.1) is 0 Å². The number of benzene rings is 2. The molecule has 2 aromatic carbocycles. The number of carbonyl (C=O) groups is 1. The Morgan fingerprint density at radius 1 is 1.15 bits per heavy atom. The molecule has 140 valence electrons. The highest BCUT2D eigenvalue weighted by Crippen LogP contribution is 2.23. The summed E-state index contributed by atoms with van der Waals surface area (Å²) in [6, 6.07) is 12.5. The molecule has 0 aliphatic carbocycles. The second-order valence-corrected chi connectivity index (χ2v) is 7.59. The number of ether oxygens (including phenoxy) is 1. The fraction of sp³-hybridized carbons (Fsp3) is 0.278. The average Bonchev–Trinajstić information content (AvgIpc) is 2.61. The lowest BCUT2D eigenvalue weighted by Gasteiger charge is -2.25. The van der Waals surface area contributed by atoms with Gasteiger partial charge in [0.05, 0.1) is 17.2 Å². The standard InChI is InChI=1S/C18H21FN2O4S/c1-14(13-25-2)20-18(22)12-21(16-6-4-3-5-7-16)26(23,24)17-10-8-15(19)9-11-17/h3-11,14H,12-13H2,1-2H3,(H,20,22)/t14-/m1/s1. The van der Waals surface area contributed by atoms with Gasteiger partial charge in [-0.2, -0.15) is 0 Å². The van der Waals surface area contributed by atoms with Crippen molar-refractivity contribution in [1.82, 2.24) is 5.32 Å². The molecular formula is C18H21FN2O4S. The lowest BCUT2D eigenvalue weighted by Crippen LogP contribution is -2.44. The monoisotopic (exact) mass is 380 g/mol. The molecule has 0 radical (unpaired) electrons. The number of amides is 1. The number of sulfonamides is 1. The number of anilines is 1. The van der Waals surface area contributed by atoms with Crippen molar-refractivity contribution in [3.8, 4) is 0 Å². The van der Waals surface area contributed by atoms with Gasteiger partial charge >= 0.3 is 0 Å². The van der Waals surface area contributed by atoms with Gasteiger partial charge < -0.3 is 10.1 Å². The molecule has 1 N–H and O–H groups in total. The number of methoxy groups -OCH3 is 1. The van der Waals surface area contributed by atoms with E-state index in [-0.39, 0.29) is 10.9 Å². The quantitative estimate of drug-likeness (QED) is 0.762. The minimum absolute atomic E-state index is 0.0968. The highest BCUT2D eigenvalue weighted by Gasteiger charge is 2.27. The van der Waals surface area contributed by atoms with E-state index in [2.05, 4.69) is 5.32 Å². The van der Waals surface area contributed by atoms with Gasteiger partial charge in [-0.3, -0.25) is 9.10 Å². The first-order chi connectivity index (χ1) is 12.3. The van der Waals surface area contributed by atoms with E-state index in [0.29, 0.717) is 12.3 Å². The van der Waals surface area contributed by atoms with Crippen molar-refractivity contribution in [2.75, 3.05) is 24.6 Å². The van der Waals surface area contributed by atoms with Crippen LogP contribution in [0.2, 0.25) is 0 Å². The summed E-state index contributed by atoms with van der Waals surface area (Å²) in [5.41, 5.74) is 0.339. The van der Waals surface area contributed by atoms with Gasteiger partial charge in [-0.1, -0.05) is 18.2 Å². The summed E-state index contributed by atoms with van der Waals surface area (Å²) in [6.45, 7) is 1.66. The summed E-state index contributed by atoms with van der Waals surface area (Å²) in [6.07, 6.45) is 0. The average molecular weight is 380 g/mol. The van der Waals surface area contributed by atoms with Crippen molar-refractivity contribution in [3.05, 3.63) is 60.4 Å². The zero-order valence-electron chi connectivity index (χ0n) is 14.6. The lowest BCUT2D eigenvalue weighted by molar-refractivity contribution is -0.120. The number of para-hydroxylation sites is 1. The van der Waals surface area contributed by atoms with E-state index in [1.807, 2.05) is 0 Å². The van der Waals surface area contributed by atoms with Gasteiger partial charge in [0.25, 0.3) is 10.0 Å². The molecule has 1 amide bonds. The maximum absolute atomic E-state index is 13.1. The van der Waals surface area contributed by atoms with Crippen molar-refractivity contribution >= 4 is 21.6 Å². The summed E-state index contributed by atoms with van der Waals surface area (Å²) in [5, 5.41) is 2.68. The fourth-order valence-corrected chi connectivity index (χ4v) is 3.81. The number of hydrogen-bond acceptors (Lipinski definition) is 4. The molecule has 2 aromatic rings. The van der Waals surface area contributed by atoms with Crippen LogP contribution in [-0.4, -0.2) is 40.6 Å². The first kappa shape index (κ1) is 19.9. The van der Waals surface area contributed by atoms with E-state index < -0.39 is 28.3 Å². The molecule has 26 heavy (non-hydrogen) atoms. The predicted octanol–water partition coefficient (Wildman–Crippen LogP) is 2.17.